The molecule has 2 N–H and O–H groups in total. The summed E-state index contributed by atoms with van der Waals surface area (Å²) in [4.78, 5) is 20.3. The average molecular weight is 552 g/mol. The van der Waals surface area contributed by atoms with Crippen molar-refractivity contribution in [3.63, 3.8) is 0 Å². The third-order valence-corrected chi connectivity index (χ3v) is 8.17. The van der Waals surface area contributed by atoms with Crippen LogP contribution in [-0.4, -0.2) is 46.4 Å². The number of nitrogens with one attached hydrogen (secondary N) is 1. The summed E-state index contributed by atoms with van der Waals surface area (Å²) in [6.45, 7) is 0.943. The van der Waals surface area contributed by atoms with Gasteiger partial charge in [-0.15, -0.1) is 8.78 Å². The summed E-state index contributed by atoms with van der Waals surface area (Å²) in [5.41, 5.74) is 0.0629. The SMILES string of the molecule is O=C(Nc1ncc([C@H](c2ccc(Cl)cc2F)N2CC[C@@H](O)C2)s1)C1(c2ccc3c(c2)OC(F)(F)O3)CC1. The molecule has 1 aromatic heterocycles. The van der Waals surface area contributed by atoms with Gasteiger partial charge in [0.15, 0.2) is 16.6 Å². The van der Waals surface area contributed by atoms with Crippen LogP contribution in [0.15, 0.2) is 42.6 Å². The molecule has 7 nitrogen and oxygen atoms in total. The van der Waals surface area contributed by atoms with Gasteiger partial charge in [-0.2, -0.15) is 0 Å². The molecule has 12 heteroatoms. The largest absolute Gasteiger partial charge is 0.586 e. The van der Waals surface area contributed by atoms with Gasteiger partial charge in [0.25, 0.3) is 0 Å². The molecule has 0 spiro atoms. The highest BCUT2D eigenvalue weighted by Crippen LogP contribution is 2.52. The van der Waals surface area contributed by atoms with Crippen LogP contribution in [0.25, 0.3) is 0 Å². The molecule has 0 unspecified atom stereocenters. The van der Waals surface area contributed by atoms with Crippen molar-refractivity contribution in [2.45, 2.75) is 43.1 Å². The number of β-amino-alcohol motifs (C(OH)–C–C–N with tert-alkyl or cyclic N) is 1. The number of halogens is 4. The van der Waals surface area contributed by atoms with E-state index in [2.05, 4.69) is 19.8 Å². The number of ether oxygens (including phenoxy) is 2. The highest BCUT2D eigenvalue weighted by atomic mass is 35.5. The van der Waals surface area contributed by atoms with E-state index in [1.807, 2.05) is 4.90 Å². The van der Waals surface area contributed by atoms with Gasteiger partial charge in [0, 0.05) is 34.7 Å². The summed E-state index contributed by atoms with van der Waals surface area (Å²) in [7, 11) is 0. The number of thiazole rings is 1. The molecule has 194 valence electrons. The zero-order valence-corrected chi connectivity index (χ0v) is 20.8. The number of amides is 1. The first-order chi connectivity index (χ1) is 17.6. The number of alkyl halides is 2. The van der Waals surface area contributed by atoms with Crippen LogP contribution in [0.3, 0.4) is 0 Å². The molecule has 0 bridgehead atoms. The van der Waals surface area contributed by atoms with E-state index in [-0.39, 0.29) is 22.4 Å². The van der Waals surface area contributed by atoms with Crippen LogP contribution in [0.1, 0.15) is 41.3 Å². The van der Waals surface area contributed by atoms with Crippen molar-refractivity contribution in [2.24, 2.45) is 0 Å². The number of likely N-dealkylation sites (tertiary alicyclic amines) is 1. The van der Waals surface area contributed by atoms with E-state index < -0.39 is 29.7 Å². The van der Waals surface area contributed by atoms with Crippen molar-refractivity contribution in [1.29, 1.82) is 0 Å². The summed E-state index contributed by atoms with van der Waals surface area (Å²) in [6.07, 6.45) is -1.01. The molecule has 6 rings (SSSR count). The smallest absolute Gasteiger partial charge is 0.395 e. The van der Waals surface area contributed by atoms with E-state index >= 15 is 0 Å². The van der Waals surface area contributed by atoms with Crippen molar-refractivity contribution >= 4 is 34.0 Å². The van der Waals surface area contributed by atoms with Crippen molar-refractivity contribution in [2.75, 3.05) is 18.4 Å². The predicted octanol–water partition coefficient (Wildman–Crippen LogP) is 5.08. The summed E-state index contributed by atoms with van der Waals surface area (Å²) in [5.74, 6) is -0.978. The van der Waals surface area contributed by atoms with Crippen molar-refractivity contribution in [3.05, 3.63) is 69.4 Å². The average Bonchev–Trinajstić information content (AvgIpc) is 3.16. The highest BCUT2D eigenvalue weighted by molar-refractivity contribution is 7.15. The van der Waals surface area contributed by atoms with Gasteiger partial charge in [-0.05, 0) is 49.1 Å². The van der Waals surface area contributed by atoms with Gasteiger partial charge in [-0.3, -0.25) is 9.69 Å². The fourth-order valence-electron chi connectivity index (χ4n) is 4.96. The van der Waals surface area contributed by atoms with E-state index in [0.717, 1.165) is 0 Å². The summed E-state index contributed by atoms with van der Waals surface area (Å²) < 4.78 is 50.7. The third-order valence-electron chi connectivity index (χ3n) is 6.97. The Kier molecular flexibility index (Phi) is 5.86. The Balaban J connectivity index is 1.24. The second-order valence-electron chi connectivity index (χ2n) is 9.44. The lowest BCUT2D eigenvalue weighted by molar-refractivity contribution is -0.286. The Bertz CT molecular complexity index is 1380. The summed E-state index contributed by atoms with van der Waals surface area (Å²) in [6, 6.07) is 8.33. The van der Waals surface area contributed by atoms with Gasteiger partial charge in [0.2, 0.25) is 5.91 Å². The molecule has 3 heterocycles. The van der Waals surface area contributed by atoms with Crippen LogP contribution in [0.4, 0.5) is 18.3 Å². The molecular formula is C25H21ClF3N3O4S. The number of aliphatic hydroxyl groups is 1. The Morgan fingerprint density at radius 1 is 1.22 bits per heavy atom. The Morgan fingerprint density at radius 3 is 2.70 bits per heavy atom. The highest BCUT2D eigenvalue weighted by Gasteiger charge is 2.53. The maximum Gasteiger partial charge on any atom is 0.586 e. The molecule has 1 aliphatic carbocycles. The van der Waals surface area contributed by atoms with Gasteiger partial charge < -0.3 is 19.9 Å². The number of benzene rings is 2. The fraction of sp³-hybridized carbons (Fsp3) is 0.360. The molecule has 0 radical (unpaired) electrons. The number of aliphatic hydroxyl groups excluding tert-OH is 1. The molecule has 2 aromatic carbocycles. The minimum absolute atomic E-state index is 0.0815. The van der Waals surface area contributed by atoms with Crippen LogP contribution >= 0.6 is 22.9 Å². The number of aromatic nitrogens is 1. The molecule has 2 atom stereocenters. The topological polar surface area (TPSA) is 83.9 Å². The minimum Gasteiger partial charge on any atom is -0.395 e. The van der Waals surface area contributed by atoms with E-state index in [1.165, 1.54) is 29.5 Å². The lowest BCUT2D eigenvalue weighted by atomic mass is 9.94. The standard InChI is InChI=1S/C25H21ClF3N3O4S/c26-14-2-3-16(17(27)10-14)21(32-8-5-15(33)12-32)20-11-30-23(37-20)31-22(34)24(6-7-24)13-1-4-18-19(9-13)36-25(28,29)35-18/h1-4,9-11,15,21,33H,5-8,12H2,(H,30,31,34)/t15-,21+/m1/s1. The third kappa shape index (κ3) is 4.54. The van der Waals surface area contributed by atoms with Gasteiger partial charge in [0.05, 0.1) is 17.6 Å². The van der Waals surface area contributed by atoms with Crippen LogP contribution in [-0.2, 0) is 10.2 Å². The second kappa shape index (κ2) is 8.87. The lowest BCUT2D eigenvalue weighted by Crippen LogP contribution is -2.28. The first-order valence-electron chi connectivity index (χ1n) is 11.7. The molecular weight excluding hydrogens is 531 g/mol. The predicted molar refractivity (Wildman–Crippen MR) is 130 cm³/mol. The number of hydrogen-bond acceptors (Lipinski definition) is 7. The summed E-state index contributed by atoms with van der Waals surface area (Å²) in [5, 5.41) is 13.5. The summed E-state index contributed by atoms with van der Waals surface area (Å²) >= 11 is 7.17. The first-order valence-corrected chi connectivity index (χ1v) is 12.9. The van der Waals surface area contributed by atoms with E-state index in [4.69, 9.17) is 11.6 Å². The molecule has 1 saturated heterocycles. The van der Waals surface area contributed by atoms with Crippen LogP contribution < -0.4 is 14.8 Å². The van der Waals surface area contributed by atoms with Crippen LogP contribution in [0.2, 0.25) is 5.02 Å². The van der Waals surface area contributed by atoms with E-state index in [1.54, 1.807) is 24.4 Å². The lowest BCUT2D eigenvalue weighted by Gasteiger charge is -2.27. The molecule has 3 aliphatic rings. The van der Waals surface area contributed by atoms with Crippen LogP contribution in [0, 0.1) is 5.82 Å². The van der Waals surface area contributed by atoms with Gasteiger partial charge >= 0.3 is 6.29 Å². The van der Waals surface area contributed by atoms with Crippen molar-refractivity contribution in [1.82, 2.24) is 9.88 Å². The number of hydrogen-bond donors (Lipinski definition) is 2. The number of fused-ring (bicyclic) bond motifs is 1. The van der Waals surface area contributed by atoms with Crippen LogP contribution in [0.5, 0.6) is 11.5 Å². The molecule has 1 saturated carbocycles. The second-order valence-corrected chi connectivity index (χ2v) is 10.9. The maximum absolute atomic E-state index is 14.9. The number of nitrogens with zero attached hydrogens (tertiary/aromatic N) is 2. The van der Waals surface area contributed by atoms with Gasteiger partial charge in [0.1, 0.15) is 5.82 Å². The van der Waals surface area contributed by atoms with Crippen molar-refractivity contribution < 1.29 is 32.5 Å². The zero-order chi connectivity index (χ0) is 25.9. The number of rotatable bonds is 6. The first kappa shape index (κ1) is 24.5. The van der Waals surface area contributed by atoms with Crippen molar-refractivity contribution in [3.8, 4) is 11.5 Å². The fourth-order valence-corrected chi connectivity index (χ4v) is 6.09. The molecule has 1 amide bonds. The molecule has 2 aliphatic heterocycles. The van der Waals surface area contributed by atoms with Gasteiger partial charge in [-0.1, -0.05) is 35.1 Å². The van der Waals surface area contributed by atoms with E-state index in [9.17, 15) is 23.1 Å². The van der Waals surface area contributed by atoms with E-state index in [0.29, 0.717) is 53.5 Å². The minimum atomic E-state index is -3.73. The molecule has 2 fully saturated rings. The Morgan fingerprint density at radius 2 is 2.00 bits per heavy atom. The Hall–Kier alpha value is -2.86. The number of carbonyl (C=O) groups is 1. The Labute approximate surface area is 218 Å². The quantitative estimate of drug-likeness (QED) is 0.444. The number of anilines is 1. The number of carbonyl (C=O) groups excluding carboxylic acids is 1. The maximum atomic E-state index is 14.9. The molecule has 3 aromatic rings. The molecule has 37 heavy (non-hydrogen) atoms. The normalized spacial score (nSPS) is 22.1. The monoisotopic (exact) mass is 551 g/mol. The zero-order valence-electron chi connectivity index (χ0n) is 19.2. The van der Waals surface area contributed by atoms with Gasteiger partial charge in [-0.25, -0.2) is 9.37 Å².